The summed E-state index contributed by atoms with van der Waals surface area (Å²) >= 11 is 4.81. The zero-order valence-corrected chi connectivity index (χ0v) is 11.1. The molecule has 0 heterocycles. The summed E-state index contributed by atoms with van der Waals surface area (Å²) in [4.78, 5) is 1.19. The second-order valence-electron chi connectivity index (χ2n) is 4.08. The Hall–Kier alpha value is -1.21. The highest BCUT2D eigenvalue weighted by atomic mass is 32.1. The van der Waals surface area contributed by atoms with E-state index in [0.717, 1.165) is 11.0 Å². The van der Waals surface area contributed by atoms with Crippen LogP contribution in [-0.2, 0) is 6.54 Å². The molecule has 0 saturated heterocycles. The highest BCUT2D eigenvalue weighted by Gasteiger charge is 2.30. The standard InChI is InChI=1S/C12H14F4N2S/c1-2-18(7-12(14,15)16)6-8-5-9(13)3-4-10(8)11(17)19/h3-5H,2,6-7H2,1H3,(H2,17,19). The van der Waals surface area contributed by atoms with Crippen molar-refractivity contribution in [3.05, 3.63) is 35.1 Å². The summed E-state index contributed by atoms with van der Waals surface area (Å²) < 4.78 is 50.3. The first kappa shape index (κ1) is 15.8. The van der Waals surface area contributed by atoms with Crippen LogP contribution >= 0.6 is 12.2 Å². The van der Waals surface area contributed by atoms with Crippen molar-refractivity contribution >= 4 is 17.2 Å². The summed E-state index contributed by atoms with van der Waals surface area (Å²) in [5.41, 5.74) is 6.24. The van der Waals surface area contributed by atoms with E-state index < -0.39 is 18.5 Å². The van der Waals surface area contributed by atoms with Crippen molar-refractivity contribution in [2.45, 2.75) is 19.6 Å². The van der Waals surface area contributed by atoms with Crippen molar-refractivity contribution < 1.29 is 17.6 Å². The minimum absolute atomic E-state index is 0.0399. The third-order valence-electron chi connectivity index (χ3n) is 2.58. The topological polar surface area (TPSA) is 29.3 Å². The van der Waals surface area contributed by atoms with Gasteiger partial charge in [0.25, 0.3) is 0 Å². The minimum atomic E-state index is -4.30. The fourth-order valence-corrected chi connectivity index (χ4v) is 1.91. The SMILES string of the molecule is CCN(Cc1cc(F)ccc1C(N)=S)CC(F)(F)F. The van der Waals surface area contributed by atoms with Gasteiger partial charge < -0.3 is 5.73 Å². The lowest BCUT2D eigenvalue weighted by atomic mass is 10.1. The first-order valence-electron chi connectivity index (χ1n) is 5.60. The molecule has 0 aromatic heterocycles. The lowest BCUT2D eigenvalue weighted by molar-refractivity contribution is -0.146. The smallest absolute Gasteiger partial charge is 0.389 e. The number of hydrogen-bond acceptors (Lipinski definition) is 2. The van der Waals surface area contributed by atoms with Crippen LogP contribution in [0.1, 0.15) is 18.1 Å². The zero-order valence-electron chi connectivity index (χ0n) is 10.3. The fraction of sp³-hybridized carbons (Fsp3) is 0.417. The molecule has 0 spiro atoms. The Kier molecular flexibility index (Phi) is 5.25. The summed E-state index contributed by atoms with van der Waals surface area (Å²) in [6.07, 6.45) is -4.30. The molecule has 1 rings (SSSR count). The van der Waals surface area contributed by atoms with Crippen LogP contribution in [0.5, 0.6) is 0 Å². The zero-order chi connectivity index (χ0) is 14.6. The fourth-order valence-electron chi connectivity index (χ4n) is 1.71. The summed E-state index contributed by atoms with van der Waals surface area (Å²) in [5.74, 6) is -0.530. The van der Waals surface area contributed by atoms with Crippen LogP contribution in [0.4, 0.5) is 17.6 Å². The maximum atomic E-state index is 13.2. The third kappa shape index (κ3) is 5.12. The molecule has 0 bridgehead atoms. The van der Waals surface area contributed by atoms with Gasteiger partial charge in [-0.15, -0.1) is 0 Å². The van der Waals surface area contributed by atoms with Crippen molar-refractivity contribution in [3.63, 3.8) is 0 Å². The molecular weight excluding hydrogens is 280 g/mol. The van der Waals surface area contributed by atoms with Gasteiger partial charge in [0.05, 0.1) is 6.54 Å². The van der Waals surface area contributed by atoms with E-state index in [-0.39, 0.29) is 18.1 Å². The van der Waals surface area contributed by atoms with Gasteiger partial charge in [-0.3, -0.25) is 4.90 Å². The number of nitrogens with two attached hydrogens (primary N) is 1. The molecule has 0 aliphatic heterocycles. The Morgan fingerprint density at radius 1 is 1.37 bits per heavy atom. The average molecular weight is 294 g/mol. The summed E-state index contributed by atoms with van der Waals surface area (Å²) in [7, 11) is 0. The Labute approximate surface area is 114 Å². The van der Waals surface area contributed by atoms with Gasteiger partial charge in [0.15, 0.2) is 0 Å². The van der Waals surface area contributed by atoms with E-state index in [1.54, 1.807) is 6.92 Å². The van der Waals surface area contributed by atoms with E-state index in [0.29, 0.717) is 11.1 Å². The van der Waals surface area contributed by atoms with Crippen molar-refractivity contribution in [2.75, 3.05) is 13.1 Å². The highest BCUT2D eigenvalue weighted by molar-refractivity contribution is 7.80. The molecule has 0 aliphatic rings. The van der Waals surface area contributed by atoms with Crippen LogP contribution in [0, 0.1) is 5.82 Å². The van der Waals surface area contributed by atoms with Crippen molar-refractivity contribution in [1.82, 2.24) is 4.90 Å². The van der Waals surface area contributed by atoms with Gasteiger partial charge in [-0.05, 0) is 30.3 Å². The van der Waals surface area contributed by atoms with Crippen LogP contribution in [0.15, 0.2) is 18.2 Å². The van der Waals surface area contributed by atoms with Gasteiger partial charge in [0.2, 0.25) is 0 Å². The molecular formula is C12H14F4N2S. The van der Waals surface area contributed by atoms with Crippen molar-refractivity contribution in [1.29, 1.82) is 0 Å². The molecule has 0 atom stereocenters. The molecule has 0 unspecified atom stereocenters. The molecule has 0 fully saturated rings. The summed E-state index contributed by atoms with van der Waals surface area (Å²) in [5, 5.41) is 0. The second-order valence-corrected chi connectivity index (χ2v) is 4.52. The van der Waals surface area contributed by atoms with Crippen molar-refractivity contribution in [3.8, 4) is 0 Å². The molecule has 0 radical (unpaired) electrons. The molecule has 0 saturated carbocycles. The quantitative estimate of drug-likeness (QED) is 0.669. The highest BCUT2D eigenvalue weighted by Crippen LogP contribution is 2.20. The predicted molar refractivity (Wildman–Crippen MR) is 69.3 cm³/mol. The molecule has 0 amide bonds. The maximum absolute atomic E-state index is 13.2. The van der Waals surface area contributed by atoms with Gasteiger partial charge in [-0.2, -0.15) is 13.2 Å². The summed E-state index contributed by atoms with van der Waals surface area (Å²) in [6, 6.07) is 3.72. The lowest BCUT2D eigenvalue weighted by Gasteiger charge is -2.23. The van der Waals surface area contributed by atoms with Crippen LogP contribution in [0.25, 0.3) is 0 Å². The Balaban J connectivity index is 2.96. The van der Waals surface area contributed by atoms with Gasteiger partial charge >= 0.3 is 6.18 Å². The van der Waals surface area contributed by atoms with Crippen LogP contribution in [0.3, 0.4) is 0 Å². The molecule has 1 aromatic rings. The van der Waals surface area contributed by atoms with E-state index in [9.17, 15) is 17.6 Å². The largest absolute Gasteiger partial charge is 0.401 e. The van der Waals surface area contributed by atoms with Crippen LogP contribution in [0.2, 0.25) is 0 Å². The van der Waals surface area contributed by atoms with E-state index in [1.165, 1.54) is 12.1 Å². The number of benzene rings is 1. The van der Waals surface area contributed by atoms with E-state index >= 15 is 0 Å². The molecule has 7 heteroatoms. The lowest BCUT2D eigenvalue weighted by Crippen LogP contribution is -2.34. The van der Waals surface area contributed by atoms with E-state index in [1.807, 2.05) is 0 Å². The number of alkyl halides is 3. The van der Waals surface area contributed by atoms with Gasteiger partial charge in [-0.25, -0.2) is 4.39 Å². The first-order valence-corrected chi connectivity index (χ1v) is 6.01. The van der Waals surface area contributed by atoms with Crippen molar-refractivity contribution in [2.24, 2.45) is 5.73 Å². The van der Waals surface area contributed by atoms with Gasteiger partial charge in [0, 0.05) is 12.1 Å². The minimum Gasteiger partial charge on any atom is -0.389 e. The van der Waals surface area contributed by atoms with E-state index in [4.69, 9.17) is 18.0 Å². The number of nitrogens with zero attached hydrogens (tertiary/aromatic N) is 1. The average Bonchev–Trinajstić information content (AvgIpc) is 2.25. The first-order chi connectivity index (χ1) is 8.73. The molecule has 0 aliphatic carbocycles. The molecule has 2 nitrogen and oxygen atoms in total. The Bertz CT molecular complexity index is 460. The van der Waals surface area contributed by atoms with E-state index in [2.05, 4.69) is 0 Å². The van der Waals surface area contributed by atoms with Gasteiger partial charge in [-0.1, -0.05) is 19.1 Å². The van der Waals surface area contributed by atoms with Crippen LogP contribution < -0.4 is 5.73 Å². The number of hydrogen-bond donors (Lipinski definition) is 1. The maximum Gasteiger partial charge on any atom is 0.401 e. The Morgan fingerprint density at radius 2 is 2.00 bits per heavy atom. The van der Waals surface area contributed by atoms with Crippen LogP contribution in [-0.4, -0.2) is 29.2 Å². The molecule has 2 N–H and O–H groups in total. The monoisotopic (exact) mass is 294 g/mol. The molecule has 1 aromatic carbocycles. The third-order valence-corrected chi connectivity index (χ3v) is 2.80. The number of thiocarbonyl (C=S) groups is 1. The second kappa shape index (κ2) is 6.29. The predicted octanol–water partition coefficient (Wildman–Crippen LogP) is 2.84. The summed E-state index contributed by atoms with van der Waals surface area (Å²) in [6.45, 7) is 0.676. The molecule has 106 valence electrons. The van der Waals surface area contributed by atoms with Gasteiger partial charge in [0.1, 0.15) is 10.8 Å². The normalized spacial score (nSPS) is 11.9. The number of halogens is 4. The number of rotatable bonds is 5. The Morgan fingerprint density at radius 3 is 2.47 bits per heavy atom. The molecule has 19 heavy (non-hydrogen) atoms.